The molecule has 0 spiro atoms. The molecule has 2 heterocycles. The maximum atomic E-state index is 12.7. The lowest BCUT2D eigenvalue weighted by atomic mass is 10.2. The van der Waals surface area contributed by atoms with Crippen molar-refractivity contribution in [2.45, 2.75) is 12.1 Å². The van der Waals surface area contributed by atoms with Gasteiger partial charge in [-0.25, -0.2) is 28.3 Å². The number of hydrogen-bond donors (Lipinski definition) is 0. The molecule has 1 aliphatic heterocycles. The van der Waals surface area contributed by atoms with Crippen LogP contribution in [0.5, 0.6) is 0 Å². The highest BCUT2D eigenvalue weighted by Crippen LogP contribution is 2.19. The van der Waals surface area contributed by atoms with Gasteiger partial charge in [0.05, 0.1) is 18.9 Å². The number of rotatable bonds is 2. The summed E-state index contributed by atoms with van der Waals surface area (Å²) < 4.78 is 7.51. The summed E-state index contributed by atoms with van der Waals surface area (Å²) in [6, 6.07) is 8.16. The highest BCUT2D eigenvalue weighted by molar-refractivity contribution is 5.76. The fraction of sp³-hybridized carbons (Fsp3) is 0.200. The average molecular weight is 312 g/mol. The van der Waals surface area contributed by atoms with Gasteiger partial charge >= 0.3 is 17.3 Å². The number of carbonyl (C=O) groups excluding carboxylic acids is 1. The van der Waals surface area contributed by atoms with Crippen LogP contribution in [-0.2, 0) is 9.53 Å². The second kappa shape index (κ2) is 5.46. The van der Waals surface area contributed by atoms with Crippen LogP contribution in [0.3, 0.4) is 0 Å². The molecule has 2 atom stereocenters. The molecule has 0 aliphatic carbocycles. The fourth-order valence-electron chi connectivity index (χ4n) is 2.55. The Bertz CT molecular complexity index is 943. The van der Waals surface area contributed by atoms with Crippen molar-refractivity contribution in [3.63, 3.8) is 0 Å². The molecule has 0 fully saturated rings. The van der Waals surface area contributed by atoms with E-state index in [4.69, 9.17) is 0 Å². The van der Waals surface area contributed by atoms with Crippen LogP contribution in [0.4, 0.5) is 0 Å². The van der Waals surface area contributed by atoms with Crippen molar-refractivity contribution in [2.24, 2.45) is 0 Å². The number of para-hydroxylation sites is 1. The molecule has 3 rings (SSSR count). The lowest BCUT2D eigenvalue weighted by Gasteiger charge is -2.21. The number of carbonyl (C=O) groups is 1. The molecular formula is C15H12N4O4. The highest BCUT2D eigenvalue weighted by Gasteiger charge is 2.33. The molecule has 1 aromatic carbocycles. The van der Waals surface area contributed by atoms with Gasteiger partial charge in [-0.15, -0.1) is 0 Å². The van der Waals surface area contributed by atoms with Crippen molar-refractivity contribution in [1.82, 2.24) is 13.9 Å². The van der Waals surface area contributed by atoms with Crippen molar-refractivity contribution >= 4 is 5.97 Å². The number of nitriles is 1. The minimum absolute atomic E-state index is 0.359. The zero-order valence-corrected chi connectivity index (χ0v) is 12.1. The number of ether oxygens (including phenoxy) is 1. The van der Waals surface area contributed by atoms with E-state index in [-0.39, 0.29) is 0 Å². The third-order valence-corrected chi connectivity index (χ3v) is 3.60. The van der Waals surface area contributed by atoms with Crippen LogP contribution in [0.25, 0.3) is 5.69 Å². The molecule has 8 nitrogen and oxygen atoms in total. The number of fused-ring (bicyclic) bond motifs is 1. The number of methoxy groups -OCH3 is 1. The van der Waals surface area contributed by atoms with E-state index in [2.05, 4.69) is 4.74 Å². The predicted molar refractivity (Wildman–Crippen MR) is 79.1 cm³/mol. The van der Waals surface area contributed by atoms with Gasteiger partial charge < -0.3 is 4.74 Å². The van der Waals surface area contributed by atoms with Gasteiger partial charge in [-0.05, 0) is 24.3 Å². The number of esters is 1. The second-order valence-corrected chi connectivity index (χ2v) is 4.85. The van der Waals surface area contributed by atoms with Crippen molar-refractivity contribution in [3.05, 3.63) is 63.5 Å². The number of aromatic nitrogens is 3. The van der Waals surface area contributed by atoms with Crippen LogP contribution >= 0.6 is 0 Å². The zero-order chi connectivity index (χ0) is 16.6. The lowest BCUT2D eigenvalue weighted by molar-refractivity contribution is -0.143. The normalized spacial score (nSPS) is 19.0. The van der Waals surface area contributed by atoms with Crippen LogP contribution in [0.2, 0.25) is 0 Å². The molecule has 0 saturated heterocycles. The summed E-state index contributed by atoms with van der Waals surface area (Å²) in [6.45, 7) is 0. The predicted octanol–water partition coefficient (Wildman–Crippen LogP) is 0.149. The number of benzene rings is 1. The first kappa shape index (κ1) is 14.6. The van der Waals surface area contributed by atoms with Crippen LogP contribution < -0.4 is 11.4 Å². The summed E-state index contributed by atoms with van der Waals surface area (Å²) in [5.41, 5.74) is -1.04. The summed E-state index contributed by atoms with van der Waals surface area (Å²) >= 11 is 0. The van der Waals surface area contributed by atoms with Crippen molar-refractivity contribution < 1.29 is 9.53 Å². The third kappa shape index (κ3) is 2.10. The maximum Gasteiger partial charge on any atom is 0.353 e. The van der Waals surface area contributed by atoms with Crippen molar-refractivity contribution in [3.8, 4) is 11.8 Å². The van der Waals surface area contributed by atoms with Gasteiger partial charge in [0.2, 0.25) is 0 Å². The van der Waals surface area contributed by atoms with Gasteiger partial charge in [-0.1, -0.05) is 18.2 Å². The Morgan fingerprint density at radius 3 is 2.39 bits per heavy atom. The molecular weight excluding hydrogens is 300 g/mol. The molecule has 0 unspecified atom stereocenters. The zero-order valence-electron chi connectivity index (χ0n) is 12.1. The third-order valence-electron chi connectivity index (χ3n) is 3.60. The van der Waals surface area contributed by atoms with E-state index in [0.29, 0.717) is 5.69 Å². The molecule has 0 saturated carbocycles. The lowest BCUT2D eigenvalue weighted by Crippen LogP contribution is -2.38. The SMILES string of the molecule is COC(=O)[C@@H]1C=C[C@@H](C#N)n2c(=O)n(-c3ccccc3)c(=O)n21. The standard InChI is InChI=1S/C15H12N4O4/c1-23-13(20)12-8-7-11(9-16)18-14(21)17(15(22)19(12)18)10-5-3-2-4-6-10/h2-8,11-12H,1H3/t11-,12-/m0/s1. The van der Waals surface area contributed by atoms with Crippen LogP contribution in [0.15, 0.2) is 52.1 Å². The van der Waals surface area contributed by atoms with Crippen LogP contribution in [0, 0.1) is 11.3 Å². The van der Waals surface area contributed by atoms with E-state index in [1.165, 1.54) is 19.3 Å². The Balaban J connectivity index is 2.33. The molecule has 0 amide bonds. The van der Waals surface area contributed by atoms with Gasteiger partial charge in [0.25, 0.3) is 0 Å². The van der Waals surface area contributed by atoms with Gasteiger partial charge in [0.1, 0.15) is 0 Å². The summed E-state index contributed by atoms with van der Waals surface area (Å²) in [5.74, 6) is -0.696. The molecule has 0 bridgehead atoms. The first-order valence-electron chi connectivity index (χ1n) is 6.77. The van der Waals surface area contributed by atoms with E-state index in [9.17, 15) is 19.6 Å². The summed E-state index contributed by atoms with van der Waals surface area (Å²) in [5, 5.41) is 9.21. The first-order valence-corrected chi connectivity index (χ1v) is 6.77. The molecule has 23 heavy (non-hydrogen) atoms. The van der Waals surface area contributed by atoms with Gasteiger partial charge in [-0.2, -0.15) is 5.26 Å². The van der Waals surface area contributed by atoms with Crippen LogP contribution in [-0.4, -0.2) is 27.0 Å². The Morgan fingerprint density at radius 1 is 1.13 bits per heavy atom. The summed E-state index contributed by atoms with van der Waals surface area (Å²) in [7, 11) is 1.19. The quantitative estimate of drug-likeness (QED) is 0.580. The Kier molecular flexibility index (Phi) is 3.46. The van der Waals surface area contributed by atoms with E-state index < -0.39 is 29.4 Å². The van der Waals surface area contributed by atoms with E-state index in [0.717, 1.165) is 13.9 Å². The molecule has 1 aliphatic rings. The number of allylic oxidation sites excluding steroid dienone is 1. The Labute approximate surface area is 130 Å². The van der Waals surface area contributed by atoms with Gasteiger partial charge in [0.15, 0.2) is 12.1 Å². The largest absolute Gasteiger partial charge is 0.467 e. The number of hydrogen-bond acceptors (Lipinski definition) is 5. The Morgan fingerprint density at radius 2 is 1.78 bits per heavy atom. The molecule has 0 radical (unpaired) electrons. The van der Waals surface area contributed by atoms with Crippen LogP contribution in [0.1, 0.15) is 12.1 Å². The fourth-order valence-corrected chi connectivity index (χ4v) is 2.55. The molecule has 0 N–H and O–H groups in total. The molecule has 2 aromatic rings. The molecule has 1 aromatic heterocycles. The van der Waals surface area contributed by atoms with Crippen molar-refractivity contribution in [1.29, 1.82) is 5.26 Å². The smallest absolute Gasteiger partial charge is 0.353 e. The van der Waals surface area contributed by atoms with Crippen molar-refractivity contribution in [2.75, 3.05) is 7.11 Å². The van der Waals surface area contributed by atoms with E-state index in [1.54, 1.807) is 30.3 Å². The number of nitrogens with zero attached hydrogens (tertiary/aromatic N) is 4. The molecule has 116 valence electrons. The van der Waals surface area contributed by atoms with Gasteiger partial charge in [0, 0.05) is 0 Å². The van der Waals surface area contributed by atoms with E-state index >= 15 is 0 Å². The van der Waals surface area contributed by atoms with E-state index in [1.807, 2.05) is 6.07 Å². The average Bonchev–Trinajstić information content (AvgIpc) is 2.86. The van der Waals surface area contributed by atoms with Gasteiger partial charge in [-0.3, -0.25) is 0 Å². The second-order valence-electron chi connectivity index (χ2n) is 4.85. The topological polar surface area (TPSA) is 99.0 Å². The summed E-state index contributed by atoms with van der Waals surface area (Å²) in [6.07, 6.45) is 2.79. The monoisotopic (exact) mass is 312 g/mol. The maximum absolute atomic E-state index is 12.7. The summed E-state index contributed by atoms with van der Waals surface area (Å²) in [4.78, 5) is 37.2. The Hall–Kier alpha value is -3.34. The molecule has 8 heteroatoms. The highest BCUT2D eigenvalue weighted by atomic mass is 16.5. The minimum atomic E-state index is -1.09. The minimum Gasteiger partial charge on any atom is -0.467 e. The first-order chi connectivity index (χ1) is 11.1.